The van der Waals surface area contributed by atoms with Gasteiger partial charge in [0.2, 0.25) is 0 Å². The van der Waals surface area contributed by atoms with Gasteiger partial charge in [0.05, 0.1) is 16.9 Å². The number of thioether (sulfide) groups is 1. The summed E-state index contributed by atoms with van der Waals surface area (Å²) >= 11 is 1.71. The van der Waals surface area contributed by atoms with E-state index in [2.05, 4.69) is 34.3 Å². The quantitative estimate of drug-likeness (QED) is 0.805. The fourth-order valence-electron chi connectivity index (χ4n) is 1.13. The van der Waals surface area contributed by atoms with Gasteiger partial charge in [-0.3, -0.25) is 15.4 Å². The molecule has 5 heteroatoms. The second-order valence-corrected chi connectivity index (χ2v) is 4.49. The summed E-state index contributed by atoms with van der Waals surface area (Å²) in [7, 11) is 0. The largest absolute Gasteiger partial charge is 0.290 e. The Morgan fingerprint density at radius 2 is 2.29 bits per heavy atom. The van der Waals surface area contributed by atoms with E-state index in [4.69, 9.17) is 0 Å². The molecule has 1 aromatic heterocycles. The van der Waals surface area contributed by atoms with Crippen molar-refractivity contribution in [3.05, 3.63) is 24.3 Å². The first-order valence-corrected chi connectivity index (χ1v) is 5.41. The van der Waals surface area contributed by atoms with Gasteiger partial charge < -0.3 is 0 Å². The topological polar surface area (TPSA) is 50.2 Å². The normalized spacial score (nSPS) is 20.8. The van der Waals surface area contributed by atoms with Crippen molar-refractivity contribution in [2.45, 2.75) is 19.2 Å². The predicted molar refractivity (Wildman–Crippen MR) is 57.8 cm³/mol. The maximum Gasteiger partial charge on any atom is 0.138 e. The molecule has 0 aliphatic carbocycles. The van der Waals surface area contributed by atoms with Crippen molar-refractivity contribution in [2.24, 2.45) is 11.0 Å². The number of nitrogens with one attached hydrogen (secondary N) is 1. The Balaban J connectivity index is 2.06. The number of nitrogens with zero attached hydrogens (tertiary/aromatic N) is 3. The van der Waals surface area contributed by atoms with E-state index in [1.54, 1.807) is 30.4 Å². The minimum Gasteiger partial charge on any atom is -0.290 e. The van der Waals surface area contributed by atoms with Crippen molar-refractivity contribution in [1.82, 2.24) is 15.4 Å². The Bertz CT molecular complexity index is 336. The van der Waals surface area contributed by atoms with Crippen molar-refractivity contribution in [2.75, 3.05) is 0 Å². The molecule has 1 atom stereocenters. The van der Waals surface area contributed by atoms with E-state index in [-0.39, 0.29) is 5.37 Å². The predicted octanol–water partition coefficient (Wildman–Crippen LogP) is 1.78. The molecule has 1 unspecified atom stereocenters. The molecule has 1 N–H and O–H groups in total. The number of rotatable bonds is 2. The van der Waals surface area contributed by atoms with Crippen molar-refractivity contribution < 1.29 is 0 Å². The van der Waals surface area contributed by atoms with Gasteiger partial charge in [-0.05, 0) is 0 Å². The third-order valence-corrected chi connectivity index (χ3v) is 3.26. The van der Waals surface area contributed by atoms with Crippen LogP contribution < -0.4 is 5.43 Å². The molecule has 14 heavy (non-hydrogen) atoms. The highest BCUT2D eigenvalue weighted by Crippen LogP contribution is 2.32. The second kappa shape index (κ2) is 3.96. The number of hydrogen-bond donors (Lipinski definition) is 1. The van der Waals surface area contributed by atoms with Crippen LogP contribution in [-0.4, -0.2) is 15.0 Å². The van der Waals surface area contributed by atoms with E-state index in [9.17, 15) is 0 Å². The van der Waals surface area contributed by atoms with Crippen LogP contribution in [0.3, 0.4) is 0 Å². The number of aromatic nitrogens is 2. The summed E-state index contributed by atoms with van der Waals surface area (Å²) in [4.78, 5) is 8.27. The van der Waals surface area contributed by atoms with Crippen LogP contribution in [0.5, 0.6) is 0 Å². The van der Waals surface area contributed by atoms with Crippen LogP contribution in [0, 0.1) is 5.92 Å². The molecule has 0 spiro atoms. The fraction of sp³-hybridized carbons (Fsp3) is 0.444. The molecule has 2 rings (SSSR count). The third kappa shape index (κ3) is 1.87. The molecule has 0 radical (unpaired) electrons. The molecule has 74 valence electrons. The minimum absolute atomic E-state index is 0.126. The number of hydrazone groups is 1. The van der Waals surface area contributed by atoms with Crippen LogP contribution in [0.2, 0.25) is 0 Å². The van der Waals surface area contributed by atoms with Gasteiger partial charge in [-0.1, -0.05) is 25.6 Å². The first-order valence-electron chi connectivity index (χ1n) is 4.53. The summed E-state index contributed by atoms with van der Waals surface area (Å²) in [5.74, 6) is 0.467. The molecule has 2 heterocycles. The minimum atomic E-state index is 0.126. The smallest absolute Gasteiger partial charge is 0.138 e. The SMILES string of the molecule is CC(C)C1=NNC(c2cnccn2)S1. The summed E-state index contributed by atoms with van der Waals surface area (Å²) in [6, 6.07) is 0. The Kier molecular flexibility index (Phi) is 2.67. The lowest BCUT2D eigenvalue weighted by molar-refractivity contribution is 0.714. The van der Waals surface area contributed by atoms with E-state index < -0.39 is 0 Å². The molecular formula is C9H12N4S. The van der Waals surface area contributed by atoms with Gasteiger partial charge in [-0.15, -0.1) is 0 Å². The van der Waals surface area contributed by atoms with E-state index in [0.29, 0.717) is 5.92 Å². The summed E-state index contributed by atoms with van der Waals surface area (Å²) in [6.07, 6.45) is 5.14. The van der Waals surface area contributed by atoms with Crippen LogP contribution in [0.15, 0.2) is 23.7 Å². The average Bonchev–Trinajstić information content (AvgIpc) is 2.68. The highest BCUT2D eigenvalue weighted by molar-refractivity contribution is 8.14. The average molecular weight is 208 g/mol. The van der Waals surface area contributed by atoms with Crippen molar-refractivity contribution in [3.63, 3.8) is 0 Å². The van der Waals surface area contributed by atoms with Crippen molar-refractivity contribution >= 4 is 16.8 Å². The Hall–Kier alpha value is -1.10. The monoisotopic (exact) mass is 208 g/mol. The lowest BCUT2D eigenvalue weighted by Crippen LogP contribution is -2.08. The second-order valence-electron chi connectivity index (χ2n) is 3.36. The summed E-state index contributed by atoms with van der Waals surface area (Å²) < 4.78 is 0. The molecule has 0 amide bonds. The van der Waals surface area contributed by atoms with Crippen LogP contribution in [-0.2, 0) is 0 Å². The van der Waals surface area contributed by atoms with Gasteiger partial charge >= 0.3 is 0 Å². The third-order valence-electron chi connectivity index (χ3n) is 1.88. The highest BCUT2D eigenvalue weighted by atomic mass is 32.2. The fourth-order valence-corrected chi connectivity index (χ4v) is 2.10. The Labute approximate surface area is 87.2 Å². The van der Waals surface area contributed by atoms with Crippen LogP contribution in [0.25, 0.3) is 0 Å². The van der Waals surface area contributed by atoms with E-state index in [0.717, 1.165) is 10.7 Å². The summed E-state index contributed by atoms with van der Waals surface area (Å²) in [5, 5.41) is 5.51. The zero-order chi connectivity index (χ0) is 9.97. The standard InChI is InChI=1S/C9H12N4S/c1-6(2)8-12-13-9(14-8)7-5-10-3-4-11-7/h3-6,9,13H,1-2H3. The Morgan fingerprint density at radius 3 is 2.86 bits per heavy atom. The van der Waals surface area contributed by atoms with E-state index >= 15 is 0 Å². The molecule has 0 bridgehead atoms. The molecule has 0 fully saturated rings. The molecule has 0 saturated carbocycles. The molecule has 1 aromatic rings. The molecule has 1 aliphatic rings. The molecule has 0 saturated heterocycles. The van der Waals surface area contributed by atoms with Gasteiger partial charge in [-0.25, -0.2) is 0 Å². The van der Waals surface area contributed by atoms with Gasteiger partial charge in [0.15, 0.2) is 0 Å². The van der Waals surface area contributed by atoms with Crippen LogP contribution in [0.1, 0.15) is 24.9 Å². The van der Waals surface area contributed by atoms with Gasteiger partial charge in [0.1, 0.15) is 5.37 Å². The van der Waals surface area contributed by atoms with Crippen molar-refractivity contribution in [3.8, 4) is 0 Å². The first kappa shape index (κ1) is 9.45. The van der Waals surface area contributed by atoms with E-state index in [1.165, 1.54) is 0 Å². The van der Waals surface area contributed by atoms with Gasteiger partial charge in [-0.2, -0.15) is 5.10 Å². The van der Waals surface area contributed by atoms with Gasteiger partial charge in [0, 0.05) is 18.3 Å². The summed E-state index contributed by atoms with van der Waals surface area (Å²) in [6.45, 7) is 4.26. The van der Waals surface area contributed by atoms with Crippen LogP contribution >= 0.6 is 11.8 Å². The lowest BCUT2D eigenvalue weighted by atomic mass is 10.2. The zero-order valence-corrected chi connectivity index (χ0v) is 8.95. The molecule has 4 nitrogen and oxygen atoms in total. The Morgan fingerprint density at radius 1 is 1.43 bits per heavy atom. The highest BCUT2D eigenvalue weighted by Gasteiger charge is 2.23. The first-order chi connectivity index (χ1) is 6.77. The maximum absolute atomic E-state index is 4.25. The molecule has 1 aliphatic heterocycles. The molecular weight excluding hydrogens is 196 g/mol. The summed E-state index contributed by atoms with van der Waals surface area (Å²) in [5.41, 5.74) is 3.98. The number of hydrogen-bond acceptors (Lipinski definition) is 5. The van der Waals surface area contributed by atoms with Gasteiger partial charge in [0.25, 0.3) is 0 Å². The lowest BCUT2D eigenvalue weighted by Gasteiger charge is -2.07. The van der Waals surface area contributed by atoms with Crippen LogP contribution in [0.4, 0.5) is 0 Å². The zero-order valence-electron chi connectivity index (χ0n) is 8.14. The maximum atomic E-state index is 4.25. The van der Waals surface area contributed by atoms with Crippen molar-refractivity contribution in [1.29, 1.82) is 0 Å². The molecule has 0 aromatic carbocycles. The van der Waals surface area contributed by atoms with E-state index in [1.807, 2.05) is 0 Å².